The smallest absolute Gasteiger partial charge is 0.252 e. The molecule has 4 N–H and O–H groups in total. The van der Waals surface area contributed by atoms with Gasteiger partial charge in [-0.1, -0.05) is 48.5 Å². The van der Waals surface area contributed by atoms with Crippen LogP contribution in [0.3, 0.4) is 0 Å². The van der Waals surface area contributed by atoms with Crippen molar-refractivity contribution < 1.29 is 55.7 Å². The van der Waals surface area contributed by atoms with Crippen LogP contribution in [-0.2, 0) is 47.8 Å². The molecule has 128 heavy (non-hydrogen) atoms. The van der Waals surface area contributed by atoms with E-state index in [2.05, 4.69) is 104 Å². The highest BCUT2D eigenvalue weighted by Crippen LogP contribution is 2.51. The zero-order valence-electron chi connectivity index (χ0n) is 72.5. The first-order valence-electron chi connectivity index (χ1n) is 44.0. The number of aryl methyl sites for hydroxylation is 6. The molecule has 12 aromatic rings. The average Bonchev–Trinajstić information content (AvgIpc) is 1.61. The first-order chi connectivity index (χ1) is 61.9. The maximum atomic E-state index is 13.2. The lowest BCUT2D eigenvalue weighted by Crippen LogP contribution is -2.36. The van der Waals surface area contributed by atoms with Gasteiger partial charge < -0.3 is 50.0 Å². The Labute approximate surface area is 741 Å². The Kier molecular flexibility index (Phi) is 25.2. The fraction of sp³-hybridized carbons (Fsp3) is 0.333. The summed E-state index contributed by atoms with van der Waals surface area (Å²) in [7, 11) is 7.58. The summed E-state index contributed by atoms with van der Waals surface area (Å²) in [5, 5.41) is 12.5. The van der Waals surface area contributed by atoms with E-state index in [1.54, 1.807) is 24.8 Å². The number of carbonyl (C=O) groups excluding carboxylic acids is 4. The second-order valence-corrected chi connectivity index (χ2v) is 35.0. The molecule has 8 aliphatic carbocycles. The normalized spacial score (nSPS) is 18.5. The summed E-state index contributed by atoms with van der Waals surface area (Å²) in [5.41, 5.74) is 14.5. The van der Waals surface area contributed by atoms with Crippen molar-refractivity contribution in [2.24, 2.45) is 0 Å². The molecule has 0 spiro atoms. The fourth-order valence-corrected chi connectivity index (χ4v) is 17.1. The second-order valence-electron chi connectivity index (χ2n) is 35.0. The number of pyridine rings is 4. The van der Waals surface area contributed by atoms with E-state index in [0.29, 0.717) is 45.6 Å². The van der Waals surface area contributed by atoms with Gasteiger partial charge in [0.05, 0.1) is 69.7 Å². The Hall–Kier alpha value is -13.5. The number of ether oxygens (including phenoxy) is 4. The quantitative estimate of drug-likeness (QED) is 0.0460. The van der Waals surface area contributed by atoms with Gasteiger partial charge >= 0.3 is 0 Å². The summed E-state index contributed by atoms with van der Waals surface area (Å²) in [6.07, 6.45) is 24.6. The van der Waals surface area contributed by atoms with Gasteiger partial charge in [0.25, 0.3) is 23.6 Å². The van der Waals surface area contributed by atoms with Crippen LogP contribution >= 0.6 is 0 Å². The number of rotatable bonds is 22. The number of hydrogen-bond acceptors (Lipinski definition) is 18. The Bertz CT molecular complexity index is 5670. The Morgan fingerprint density at radius 3 is 0.773 bits per heavy atom. The van der Waals surface area contributed by atoms with Crippen molar-refractivity contribution in [1.29, 1.82) is 0 Å². The maximum Gasteiger partial charge on any atom is 0.252 e. The minimum Gasteiger partial charge on any atom is -0.486 e. The van der Waals surface area contributed by atoms with Crippen molar-refractivity contribution in [3.05, 3.63) is 343 Å². The SMILES string of the molecule is CN(C)c1ncc(O[C@@H]2CCCc3nc(C4(NC(=O)c5ccc(F)cc5)CC4)ccc32)cn1.CN(C)c1ncc(O[C@H]2CCCc3nc(C4(NC(=O)c5ccc(F)cc5)CC4)ccc32)cn1.Cc1cccc(O[C@@H]2CCCc3nc(C4(NC(=O)c5ccc(F)cc5)CC4)ccc32)c1.Cc1cccc(O[C@H]2CCCc3nc(C4(NC(=O)c5ccc(F)cc5)CC4)ccc32)c1. The third kappa shape index (κ3) is 20.3. The number of anilines is 2. The highest BCUT2D eigenvalue weighted by Gasteiger charge is 2.51. The lowest BCUT2D eigenvalue weighted by molar-refractivity contribution is 0.0921. The van der Waals surface area contributed by atoms with Gasteiger partial charge in [0.1, 0.15) is 59.2 Å². The lowest BCUT2D eigenvalue weighted by atomic mass is 9.92. The van der Waals surface area contributed by atoms with Gasteiger partial charge in [0.2, 0.25) is 11.9 Å². The van der Waals surface area contributed by atoms with Crippen LogP contribution in [0, 0.1) is 37.1 Å². The molecule has 0 saturated heterocycles. The predicted octanol–water partition coefficient (Wildman–Crippen LogP) is 18.7. The summed E-state index contributed by atoms with van der Waals surface area (Å²) < 4.78 is 77.7. The van der Waals surface area contributed by atoms with Gasteiger partial charge in [0, 0.05) is 95.5 Å². The number of benzene rings is 6. The number of amides is 4. The van der Waals surface area contributed by atoms with E-state index >= 15 is 0 Å². The number of hydrogen-bond donors (Lipinski definition) is 4. The Morgan fingerprint density at radius 1 is 0.320 bits per heavy atom. The minimum absolute atomic E-state index is 0.00365. The number of nitrogens with zero attached hydrogens (tertiary/aromatic N) is 10. The van der Waals surface area contributed by atoms with Crippen LogP contribution in [0.4, 0.5) is 29.5 Å². The minimum atomic E-state index is -0.454. The van der Waals surface area contributed by atoms with Gasteiger partial charge in [-0.05, 0) is 299 Å². The van der Waals surface area contributed by atoms with Crippen molar-refractivity contribution in [2.45, 2.75) is 189 Å². The third-order valence-electron chi connectivity index (χ3n) is 24.9. The molecule has 656 valence electrons. The van der Waals surface area contributed by atoms with Crippen molar-refractivity contribution in [3.63, 3.8) is 0 Å². The van der Waals surface area contributed by atoms with Gasteiger partial charge in [0.15, 0.2) is 11.5 Å². The molecule has 4 amide bonds. The molecule has 8 aliphatic rings. The van der Waals surface area contributed by atoms with Crippen LogP contribution in [0.25, 0.3) is 0 Å². The number of fused-ring (bicyclic) bond motifs is 4. The Morgan fingerprint density at radius 2 is 0.555 bits per heavy atom. The van der Waals surface area contributed by atoms with E-state index in [4.69, 9.17) is 38.9 Å². The van der Waals surface area contributed by atoms with Gasteiger partial charge in [-0.15, -0.1) is 0 Å². The average molecular weight is 1730 g/mol. The van der Waals surface area contributed by atoms with Crippen molar-refractivity contribution in [2.75, 3.05) is 38.0 Å². The van der Waals surface area contributed by atoms with E-state index in [-0.39, 0.29) is 71.3 Å². The molecule has 0 aliphatic heterocycles. The van der Waals surface area contributed by atoms with E-state index in [1.165, 1.54) is 108 Å². The summed E-state index contributed by atoms with van der Waals surface area (Å²) in [4.78, 5) is 91.5. The first-order valence-corrected chi connectivity index (χ1v) is 44.0. The summed E-state index contributed by atoms with van der Waals surface area (Å²) in [5.74, 6) is 2.05. The molecule has 4 saturated carbocycles. The van der Waals surface area contributed by atoms with Gasteiger partial charge in [-0.2, -0.15) is 0 Å². The fourth-order valence-electron chi connectivity index (χ4n) is 17.1. The van der Waals surface area contributed by atoms with Crippen molar-refractivity contribution in [3.8, 4) is 23.0 Å². The van der Waals surface area contributed by atoms with Crippen LogP contribution in [0.15, 0.2) is 219 Å². The van der Waals surface area contributed by atoms with Crippen molar-refractivity contribution >= 4 is 35.5 Å². The van der Waals surface area contributed by atoms with Gasteiger partial charge in [-0.3, -0.25) is 39.1 Å². The summed E-state index contributed by atoms with van der Waals surface area (Å²) in [6.45, 7) is 4.12. The highest BCUT2D eigenvalue weighted by atomic mass is 19.1. The largest absolute Gasteiger partial charge is 0.486 e. The molecule has 0 unspecified atom stereocenters. The molecule has 4 atom stereocenters. The third-order valence-corrected chi connectivity index (χ3v) is 24.9. The second kappa shape index (κ2) is 37.2. The molecular formula is C102H102F4N14O8. The summed E-state index contributed by atoms with van der Waals surface area (Å²) >= 11 is 0. The topological polar surface area (TPSA) is 263 Å². The molecule has 6 aromatic heterocycles. The zero-order valence-corrected chi connectivity index (χ0v) is 72.5. The standard InChI is InChI=1S/2C26H25FN2O2.2C25H26FN5O2/c2*1-17-4-2-5-20(16-17)31-23-7-3-6-22-21(23)12-13-24(28-22)26(14-15-26)29-25(30)18-8-10-19(27)11-9-18;2*1-31(2)24-27-14-18(15-28-24)33-21-5-3-4-20-19(21)10-11-22(29-20)25(12-13-25)30-23(32)16-6-8-17(26)9-7-16/h2*2,4-5,8-13,16,23H,3,6-7,14-15H2,1H3,(H,29,30);2*6-11,14-15,21H,3-5,12-13H2,1-2H3,(H,30,32)/t2*23-;2*21-/m1010/s1. The van der Waals surface area contributed by atoms with Crippen molar-refractivity contribution in [1.82, 2.24) is 61.1 Å². The molecule has 22 nitrogen and oxygen atoms in total. The number of halogens is 4. The first kappa shape index (κ1) is 86.6. The molecule has 0 bridgehead atoms. The number of aromatic nitrogens is 8. The molecular weight excluding hydrogens is 1630 g/mol. The van der Waals surface area contributed by atoms with Gasteiger partial charge in [-0.25, -0.2) is 37.5 Å². The lowest BCUT2D eigenvalue weighted by Gasteiger charge is -2.27. The van der Waals surface area contributed by atoms with Crippen LogP contribution in [0.5, 0.6) is 23.0 Å². The van der Waals surface area contributed by atoms with E-state index in [1.807, 2.05) is 86.5 Å². The molecule has 4 fully saturated rings. The van der Waals surface area contributed by atoms with Crippen LogP contribution in [0.1, 0.15) is 248 Å². The van der Waals surface area contributed by atoms with Crippen LogP contribution in [-0.4, -0.2) is 91.7 Å². The number of nitrogens with one attached hydrogen (secondary N) is 4. The highest BCUT2D eigenvalue weighted by molar-refractivity contribution is 5.97. The Balaban J connectivity index is 0.000000120. The van der Waals surface area contributed by atoms with E-state index in [9.17, 15) is 36.7 Å². The molecule has 26 heteroatoms. The zero-order chi connectivity index (χ0) is 88.9. The molecule has 6 aromatic carbocycles. The molecule has 0 radical (unpaired) electrons. The van der Waals surface area contributed by atoms with Crippen LogP contribution in [0.2, 0.25) is 0 Å². The maximum absolute atomic E-state index is 13.2. The number of carbonyl (C=O) groups is 4. The monoisotopic (exact) mass is 1730 g/mol. The van der Waals surface area contributed by atoms with E-state index in [0.717, 1.165) is 208 Å². The van der Waals surface area contributed by atoms with E-state index < -0.39 is 22.2 Å². The predicted molar refractivity (Wildman–Crippen MR) is 476 cm³/mol. The summed E-state index contributed by atoms with van der Waals surface area (Å²) in [6, 6.07) is 55.1. The van der Waals surface area contributed by atoms with Crippen LogP contribution < -0.4 is 50.0 Å². The molecule has 20 rings (SSSR count). The molecule has 6 heterocycles.